The number of hydrogen-bond acceptors (Lipinski definition) is 1. The highest BCUT2D eigenvalue weighted by atomic mass is 19.1. The highest BCUT2D eigenvalue weighted by Gasteiger charge is 2.11. The fourth-order valence-electron chi connectivity index (χ4n) is 1.16. The minimum Gasteiger partial charge on any atom is -0.294 e. The Morgan fingerprint density at radius 3 is 2.67 bits per heavy atom. The number of ketones is 1. The number of aryl methyl sites for hydroxylation is 1. The number of hydrogen-bond donors (Lipinski definition) is 0. The molecule has 1 nitrogen and oxygen atoms in total. The quantitative estimate of drug-likeness (QED) is 0.617. The summed E-state index contributed by atoms with van der Waals surface area (Å²) in [4.78, 5) is 11.2. The number of halogens is 1. The molecule has 0 aliphatic carbocycles. The van der Waals surface area contributed by atoms with E-state index in [-0.39, 0.29) is 11.3 Å². The molecule has 1 aromatic carbocycles. The monoisotopic (exact) mass is 166 g/mol. The molecule has 0 saturated heterocycles. The van der Waals surface area contributed by atoms with Crippen molar-refractivity contribution in [1.82, 2.24) is 0 Å². The predicted octanol–water partition coefficient (Wildman–Crippen LogP) is 2.73. The Morgan fingerprint density at radius 2 is 2.17 bits per heavy atom. The molecule has 0 aromatic heterocycles. The van der Waals surface area contributed by atoms with Gasteiger partial charge in [-0.1, -0.05) is 19.1 Å². The fraction of sp³-hybridized carbons (Fsp3) is 0.300. The van der Waals surface area contributed by atoms with E-state index < -0.39 is 5.82 Å². The lowest BCUT2D eigenvalue weighted by Crippen LogP contribution is -2.02. The Labute approximate surface area is 71.2 Å². The minimum absolute atomic E-state index is 0.134. The molecule has 0 atom stereocenters. The summed E-state index contributed by atoms with van der Waals surface area (Å²) in [5.74, 6) is -0.549. The smallest absolute Gasteiger partial charge is 0.165 e. The maximum atomic E-state index is 13.1. The maximum absolute atomic E-state index is 13.1. The van der Waals surface area contributed by atoms with Gasteiger partial charge in [0.1, 0.15) is 5.82 Å². The molecule has 1 aromatic rings. The first-order chi connectivity index (χ1) is 5.66. The zero-order valence-electron chi connectivity index (χ0n) is 7.23. The third-order valence-corrected chi connectivity index (χ3v) is 1.82. The van der Waals surface area contributed by atoms with Crippen molar-refractivity contribution in [3.8, 4) is 0 Å². The second kappa shape index (κ2) is 3.48. The van der Waals surface area contributed by atoms with E-state index in [4.69, 9.17) is 0 Å². The average molecular weight is 166 g/mol. The van der Waals surface area contributed by atoms with Crippen molar-refractivity contribution in [3.05, 3.63) is 35.1 Å². The van der Waals surface area contributed by atoms with Crippen LogP contribution in [0.25, 0.3) is 0 Å². The largest absolute Gasteiger partial charge is 0.294 e. The van der Waals surface area contributed by atoms with Crippen molar-refractivity contribution >= 4 is 5.78 Å². The van der Waals surface area contributed by atoms with Crippen LogP contribution in [0.5, 0.6) is 0 Å². The summed E-state index contributed by atoms with van der Waals surface area (Å²) in [5.41, 5.74) is 0.946. The van der Waals surface area contributed by atoms with Gasteiger partial charge in [-0.05, 0) is 18.6 Å². The van der Waals surface area contributed by atoms with Crippen LogP contribution >= 0.6 is 0 Å². The van der Waals surface area contributed by atoms with Gasteiger partial charge < -0.3 is 0 Å². The first-order valence-corrected chi connectivity index (χ1v) is 3.95. The molecular formula is C10H11FO. The van der Waals surface area contributed by atoms with Crippen LogP contribution in [0, 0.1) is 12.7 Å². The highest BCUT2D eigenvalue weighted by molar-refractivity contribution is 5.97. The van der Waals surface area contributed by atoms with Crippen molar-refractivity contribution < 1.29 is 9.18 Å². The molecule has 2 heteroatoms. The molecule has 0 aliphatic heterocycles. The van der Waals surface area contributed by atoms with Gasteiger partial charge in [0.15, 0.2) is 5.78 Å². The molecule has 0 unspecified atom stereocenters. The van der Waals surface area contributed by atoms with E-state index in [0.29, 0.717) is 12.0 Å². The van der Waals surface area contributed by atoms with Crippen LogP contribution in [0.3, 0.4) is 0 Å². The van der Waals surface area contributed by atoms with Crippen LogP contribution in [0.2, 0.25) is 0 Å². The van der Waals surface area contributed by atoms with Gasteiger partial charge in [-0.15, -0.1) is 0 Å². The molecule has 64 valence electrons. The van der Waals surface area contributed by atoms with E-state index in [1.54, 1.807) is 26.0 Å². The maximum Gasteiger partial charge on any atom is 0.165 e. The van der Waals surface area contributed by atoms with Gasteiger partial charge in [0.25, 0.3) is 0 Å². The molecule has 0 radical (unpaired) electrons. The topological polar surface area (TPSA) is 17.1 Å². The van der Waals surface area contributed by atoms with Crippen molar-refractivity contribution in [2.24, 2.45) is 0 Å². The van der Waals surface area contributed by atoms with Crippen molar-refractivity contribution in [2.75, 3.05) is 0 Å². The van der Waals surface area contributed by atoms with Crippen LogP contribution in [0.1, 0.15) is 29.3 Å². The second-order valence-corrected chi connectivity index (χ2v) is 2.71. The third-order valence-electron chi connectivity index (χ3n) is 1.82. The molecule has 0 aliphatic rings. The number of Topliss-reactive ketones (excluding diaryl/α,β-unsaturated/α-hetero) is 1. The molecule has 0 fully saturated rings. The summed E-state index contributed by atoms with van der Waals surface area (Å²) in [5, 5.41) is 0. The van der Waals surface area contributed by atoms with E-state index >= 15 is 0 Å². The lowest BCUT2D eigenvalue weighted by molar-refractivity contribution is 0.0983. The fourth-order valence-corrected chi connectivity index (χ4v) is 1.16. The summed E-state index contributed by atoms with van der Waals surface area (Å²) in [6, 6.07) is 4.67. The molecule has 1 rings (SSSR count). The first-order valence-electron chi connectivity index (χ1n) is 3.95. The van der Waals surface area contributed by atoms with Crippen molar-refractivity contribution in [1.29, 1.82) is 0 Å². The second-order valence-electron chi connectivity index (χ2n) is 2.71. The van der Waals surface area contributed by atoms with Crippen molar-refractivity contribution in [3.63, 3.8) is 0 Å². The number of rotatable bonds is 2. The van der Waals surface area contributed by atoms with Gasteiger partial charge in [-0.3, -0.25) is 4.79 Å². The van der Waals surface area contributed by atoms with E-state index in [1.807, 2.05) is 0 Å². The van der Waals surface area contributed by atoms with E-state index in [1.165, 1.54) is 6.07 Å². The lowest BCUT2D eigenvalue weighted by atomic mass is 10.0. The molecular weight excluding hydrogens is 155 g/mol. The van der Waals surface area contributed by atoms with Gasteiger partial charge in [-0.25, -0.2) is 4.39 Å². The summed E-state index contributed by atoms with van der Waals surface area (Å²) < 4.78 is 13.1. The van der Waals surface area contributed by atoms with Crippen LogP contribution in [0.15, 0.2) is 18.2 Å². The molecule has 0 heterocycles. The Bertz CT molecular complexity index is 284. The Balaban J connectivity index is 3.21. The summed E-state index contributed by atoms with van der Waals surface area (Å²) in [6.07, 6.45) is 0.349. The normalized spacial score (nSPS) is 9.92. The minimum atomic E-state index is -0.415. The molecule has 0 N–H and O–H groups in total. The van der Waals surface area contributed by atoms with Crippen LogP contribution in [0.4, 0.5) is 4.39 Å². The standard InChI is InChI=1S/C10H11FO/c1-3-9(12)10-7(2)5-4-6-8(10)11/h4-6H,3H2,1-2H3. The predicted molar refractivity (Wildman–Crippen MR) is 45.8 cm³/mol. The van der Waals surface area contributed by atoms with Gasteiger partial charge in [0.2, 0.25) is 0 Å². The first kappa shape index (κ1) is 8.91. The zero-order valence-corrected chi connectivity index (χ0v) is 7.23. The van der Waals surface area contributed by atoms with Gasteiger partial charge >= 0.3 is 0 Å². The van der Waals surface area contributed by atoms with Crippen LogP contribution in [-0.2, 0) is 0 Å². The van der Waals surface area contributed by atoms with Gasteiger partial charge in [0, 0.05) is 6.42 Å². The lowest BCUT2D eigenvalue weighted by Gasteiger charge is -2.03. The van der Waals surface area contributed by atoms with Crippen LogP contribution in [-0.4, -0.2) is 5.78 Å². The number of benzene rings is 1. The van der Waals surface area contributed by atoms with Gasteiger partial charge in [0.05, 0.1) is 5.56 Å². The number of carbonyl (C=O) groups excluding carboxylic acids is 1. The molecule has 0 saturated carbocycles. The summed E-state index contributed by atoms with van der Waals surface area (Å²) in [7, 11) is 0. The highest BCUT2D eigenvalue weighted by Crippen LogP contribution is 2.14. The Morgan fingerprint density at radius 1 is 1.50 bits per heavy atom. The van der Waals surface area contributed by atoms with Crippen molar-refractivity contribution in [2.45, 2.75) is 20.3 Å². The number of carbonyl (C=O) groups is 1. The zero-order chi connectivity index (χ0) is 9.14. The molecule has 12 heavy (non-hydrogen) atoms. The third kappa shape index (κ3) is 1.52. The van der Waals surface area contributed by atoms with E-state index in [2.05, 4.69) is 0 Å². The molecule has 0 bridgehead atoms. The molecule has 0 spiro atoms. The van der Waals surface area contributed by atoms with E-state index in [0.717, 1.165) is 0 Å². The molecule has 0 amide bonds. The Kier molecular flexibility index (Phi) is 2.58. The van der Waals surface area contributed by atoms with Gasteiger partial charge in [-0.2, -0.15) is 0 Å². The summed E-state index contributed by atoms with van der Waals surface area (Å²) in [6.45, 7) is 3.47. The average Bonchev–Trinajstić information content (AvgIpc) is 2.03. The van der Waals surface area contributed by atoms with E-state index in [9.17, 15) is 9.18 Å². The Hall–Kier alpha value is -1.18. The summed E-state index contributed by atoms with van der Waals surface area (Å²) >= 11 is 0. The van der Waals surface area contributed by atoms with Crippen LogP contribution < -0.4 is 0 Å². The SMILES string of the molecule is CCC(=O)c1c(C)cccc1F.